The van der Waals surface area contributed by atoms with Crippen molar-refractivity contribution in [2.75, 3.05) is 18.5 Å². The summed E-state index contributed by atoms with van der Waals surface area (Å²) in [4.78, 5) is 10.6. The average Bonchev–Trinajstić information content (AvgIpc) is 2.63. The third kappa shape index (κ3) is 7.15. The lowest BCUT2D eigenvalue weighted by Gasteiger charge is -2.19. The largest absolute Gasteiger partial charge is 0.491 e. The molecule has 0 aromatic heterocycles. The highest BCUT2D eigenvalue weighted by Crippen LogP contribution is 2.23. The van der Waals surface area contributed by atoms with Crippen molar-refractivity contribution in [3.05, 3.63) is 65.7 Å². The smallest absolute Gasteiger partial charge is 0.328 e. The summed E-state index contributed by atoms with van der Waals surface area (Å²) in [5.41, 5.74) is 3.04. The maximum absolute atomic E-state index is 10.6. The van der Waals surface area contributed by atoms with Crippen LogP contribution in [0.2, 0.25) is 0 Å². The molecule has 5 heteroatoms. The lowest BCUT2D eigenvalue weighted by atomic mass is 9.87. The van der Waals surface area contributed by atoms with E-state index in [1.807, 2.05) is 12.1 Å². The van der Waals surface area contributed by atoms with Crippen LogP contribution in [0.3, 0.4) is 0 Å². The highest BCUT2D eigenvalue weighted by atomic mass is 16.5. The number of aliphatic hydroxyl groups is 1. The van der Waals surface area contributed by atoms with Gasteiger partial charge in [0.1, 0.15) is 18.5 Å². The molecule has 2 rings (SSSR count). The van der Waals surface area contributed by atoms with E-state index in [1.165, 1.54) is 11.6 Å². The second kappa shape index (κ2) is 9.24. The van der Waals surface area contributed by atoms with Gasteiger partial charge in [-0.1, -0.05) is 45.0 Å². The predicted octanol–water partition coefficient (Wildman–Crippen LogP) is 3.93. The number of carboxylic acid groups (broad SMARTS) is 1. The molecule has 2 aromatic rings. The summed E-state index contributed by atoms with van der Waals surface area (Å²) in [7, 11) is 0. The van der Waals surface area contributed by atoms with Crippen molar-refractivity contribution in [2.45, 2.75) is 32.3 Å². The van der Waals surface area contributed by atoms with Gasteiger partial charge in [0.05, 0.1) is 0 Å². The Morgan fingerprint density at radius 2 is 1.89 bits per heavy atom. The van der Waals surface area contributed by atoms with Crippen LogP contribution >= 0.6 is 0 Å². The van der Waals surface area contributed by atoms with E-state index in [0.717, 1.165) is 17.3 Å². The maximum Gasteiger partial charge on any atom is 0.328 e. The van der Waals surface area contributed by atoms with Crippen LogP contribution in [0.5, 0.6) is 5.75 Å². The van der Waals surface area contributed by atoms with Crippen molar-refractivity contribution >= 4 is 17.7 Å². The van der Waals surface area contributed by atoms with Crippen molar-refractivity contribution in [3.63, 3.8) is 0 Å². The van der Waals surface area contributed by atoms with Gasteiger partial charge < -0.3 is 20.3 Å². The van der Waals surface area contributed by atoms with Crippen molar-refractivity contribution in [1.82, 2.24) is 0 Å². The molecule has 0 amide bonds. The Morgan fingerprint density at radius 1 is 1.19 bits per heavy atom. The molecule has 1 atom stereocenters. The zero-order valence-electron chi connectivity index (χ0n) is 16.0. The Kier molecular flexibility index (Phi) is 7.02. The molecule has 0 bridgehead atoms. The van der Waals surface area contributed by atoms with Crippen molar-refractivity contribution < 1.29 is 19.7 Å². The van der Waals surface area contributed by atoms with Crippen LogP contribution in [0.15, 0.2) is 54.6 Å². The van der Waals surface area contributed by atoms with E-state index < -0.39 is 12.1 Å². The summed E-state index contributed by atoms with van der Waals surface area (Å²) in [6, 6.07) is 15.2. The number of rotatable bonds is 8. The Morgan fingerprint density at radius 3 is 2.52 bits per heavy atom. The van der Waals surface area contributed by atoms with Gasteiger partial charge in [0.15, 0.2) is 0 Å². The molecule has 2 aromatic carbocycles. The van der Waals surface area contributed by atoms with Gasteiger partial charge in [-0.25, -0.2) is 4.79 Å². The Bertz CT molecular complexity index is 776. The number of hydrogen-bond acceptors (Lipinski definition) is 4. The minimum atomic E-state index is -1.00. The number of carbonyl (C=O) groups is 1. The number of anilines is 1. The average molecular weight is 369 g/mol. The zero-order valence-corrected chi connectivity index (χ0v) is 16.0. The fraction of sp³-hybridized carbons (Fsp3) is 0.318. The van der Waals surface area contributed by atoms with Gasteiger partial charge in [-0.2, -0.15) is 0 Å². The summed E-state index contributed by atoms with van der Waals surface area (Å²) < 4.78 is 5.60. The summed E-state index contributed by atoms with van der Waals surface area (Å²) in [6.45, 7) is 7.02. The summed E-state index contributed by atoms with van der Waals surface area (Å²) >= 11 is 0. The normalized spacial score (nSPS) is 12.7. The standard InChI is InChI=1S/C22H27NO4/c1-22(2,3)17-8-10-18(11-9-17)23-14-19(24)15-27-20-6-4-5-16(13-20)7-12-21(25)26/h4-13,19,23-24H,14-15H2,1-3H3,(H,25,26). The number of carboxylic acids is 1. The molecule has 1 unspecified atom stereocenters. The molecule has 0 saturated heterocycles. The second-order valence-corrected chi connectivity index (χ2v) is 7.42. The molecular weight excluding hydrogens is 342 g/mol. The number of benzene rings is 2. The lowest BCUT2D eigenvalue weighted by Crippen LogP contribution is -2.26. The quantitative estimate of drug-likeness (QED) is 0.615. The lowest BCUT2D eigenvalue weighted by molar-refractivity contribution is -0.131. The number of hydrogen-bond donors (Lipinski definition) is 3. The topological polar surface area (TPSA) is 78.8 Å². The first-order chi connectivity index (χ1) is 12.7. The second-order valence-electron chi connectivity index (χ2n) is 7.42. The van der Waals surface area contributed by atoms with Crippen LogP contribution in [0.25, 0.3) is 6.08 Å². The Labute approximate surface area is 160 Å². The fourth-order valence-electron chi connectivity index (χ4n) is 2.45. The third-order valence-corrected chi connectivity index (χ3v) is 4.01. The van der Waals surface area contributed by atoms with Crippen LogP contribution in [-0.4, -0.2) is 35.4 Å². The van der Waals surface area contributed by atoms with E-state index in [9.17, 15) is 9.90 Å². The molecule has 144 valence electrons. The van der Waals surface area contributed by atoms with Gasteiger partial charge in [0.2, 0.25) is 0 Å². The third-order valence-electron chi connectivity index (χ3n) is 4.01. The van der Waals surface area contributed by atoms with Crippen LogP contribution in [0, 0.1) is 0 Å². The number of nitrogens with one attached hydrogen (secondary N) is 1. The first-order valence-electron chi connectivity index (χ1n) is 8.90. The Balaban J connectivity index is 1.82. The van der Waals surface area contributed by atoms with Crippen LogP contribution < -0.4 is 10.1 Å². The molecule has 0 saturated carbocycles. The molecule has 5 nitrogen and oxygen atoms in total. The van der Waals surface area contributed by atoms with Gasteiger partial charge in [0, 0.05) is 18.3 Å². The summed E-state index contributed by atoms with van der Waals surface area (Å²) in [6.07, 6.45) is 1.89. The van der Waals surface area contributed by atoms with Crippen LogP contribution in [-0.2, 0) is 10.2 Å². The predicted molar refractivity (Wildman–Crippen MR) is 108 cm³/mol. The van der Waals surface area contributed by atoms with Crippen molar-refractivity contribution in [1.29, 1.82) is 0 Å². The molecule has 0 aliphatic rings. The molecule has 0 fully saturated rings. The van der Waals surface area contributed by atoms with Gasteiger partial charge in [0.25, 0.3) is 0 Å². The monoisotopic (exact) mass is 369 g/mol. The van der Waals surface area contributed by atoms with E-state index in [2.05, 4.69) is 38.2 Å². The molecule has 0 heterocycles. The molecule has 3 N–H and O–H groups in total. The van der Waals surface area contributed by atoms with Gasteiger partial charge in [-0.15, -0.1) is 0 Å². The van der Waals surface area contributed by atoms with E-state index in [0.29, 0.717) is 12.3 Å². The fourth-order valence-corrected chi connectivity index (χ4v) is 2.45. The van der Waals surface area contributed by atoms with Gasteiger partial charge >= 0.3 is 5.97 Å². The molecule has 0 radical (unpaired) electrons. The van der Waals surface area contributed by atoms with E-state index in [-0.39, 0.29) is 12.0 Å². The first kappa shape index (κ1) is 20.5. The minimum Gasteiger partial charge on any atom is -0.491 e. The van der Waals surface area contributed by atoms with Crippen molar-refractivity contribution in [2.24, 2.45) is 0 Å². The Hall–Kier alpha value is -2.79. The van der Waals surface area contributed by atoms with E-state index >= 15 is 0 Å². The molecule has 0 spiro atoms. The van der Waals surface area contributed by atoms with E-state index in [4.69, 9.17) is 9.84 Å². The summed E-state index contributed by atoms with van der Waals surface area (Å²) in [5, 5.41) is 22.0. The number of aliphatic hydroxyl groups excluding tert-OH is 1. The number of aliphatic carboxylic acids is 1. The SMILES string of the molecule is CC(C)(C)c1ccc(NCC(O)COc2cccc(C=CC(=O)O)c2)cc1. The van der Waals surface area contributed by atoms with Gasteiger partial charge in [-0.3, -0.25) is 0 Å². The molecule has 0 aliphatic carbocycles. The van der Waals surface area contributed by atoms with Gasteiger partial charge in [-0.05, 0) is 46.9 Å². The zero-order chi connectivity index (χ0) is 19.9. The maximum atomic E-state index is 10.6. The van der Waals surface area contributed by atoms with Crippen molar-refractivity contribution in [3.8, 4) is 5.75 Å². The molecule has 0 aliphatic heterocycles. The summed E-state index contributed by atoms with van der Waals surface area (Å²) in [5.74, 6) is -0.422. The first-order valence-corrected chi connectivity index (χ1v) is 8.90. The number of ether oxygens (including phenoxy) is 1. The highest BCUT2D eigenvalue weighted by Gasteiger charge is 2.13. The van der Waals surface area contributed by atoms with Crippen LogP contribution in [0.4, 0.5) is 5.69 Å². The van der Waals surface area contributed by atoms with Crippen LogP contribution in [0.1, 0.15) is 31.9 Å². The minimum absolute atomic E-state index is 0.111. The highest BCUT2D eigenvalue weighted by molar-refractivity contribution is 5.85. The molecular formula is C22H27NO4. The van der Waals surface area contributed by atoms with E-state index in [1.54, 1.807) is 24.3 Å². The molecule has 27 heavy (non-hydrogen) atoms.